The van der Waals surface area contributed by atoms with Gasteiger partial charge in [-0.3, -0.25) is 4.79 Å². The van der Waals surface area contributed by atoms with Crippen LogP contribution < -0.4 is 5.90 Å². The lowest BCUT2D eigenvalue weighted by Crippen LogP contribution is -2.39. The Morgan fingerprint density at radius 2 is 2.17 bits per heavy atom. The normalized spacial score (nSPS) is 19.2. The molecule has 4 heteroatoms. The first-order chi connectivity index (χ1) is 8.70. The summed E-state index contributed by atoms with van der Waals surface area (Å²) >= 11 is 0. The van der Waals surface area contributed by atoms with Crippen LogP contribution in [-0.2, 0) is 16.1 Å². The first-order valence-electron chi connectivity index (χ1n) is 6.37. The molecule has 0 saturated carbocycles. The number of nitrogens with two attached hydrogens (primary N) is 1. The lowest BCUT2D eigenvalue weighted by molar-refractivity contribution is -0.132. The zero-order chi connectivity index (χ0) is 13.0. The first kappa shape index (κ1) is 13.1. The van der Waals surface area contributed by atoms with Crippen molar-refractivity contribution in [1.29, 1.82) is 0 Å². The third-order valence-electron chi connectivity index (χ3n) is 3.46. The van der Waals surface area contributed by atoms with Crippen LogP contribution in [0.2, 0.25) is 0 Å². The van der Waals surface area contributed by atoms with Crippen LogP contribution in [0.1, 0.15) is 24.0 Å². The zero-order valence-electron chi connectivity index (χ0n) is 10.8. The largest absolute Gasteiger partial charge is 0.337 e. The Bertz CT molecular complexity index is 403. The maximum atomic E-state index is 12.2. The van der Waals surface area contributed by atoms with Crippen molar-refractivity contribution in [3.63, 3.8) is 0 Å². The number of carbonyl (C=O) groups excluding carboxylic acids is 1. The van der Waals surface area contributed by atoms with Gasteiger partial charge in [0.05, 0.1) is 19.1 Å². The highest BCUT2D eigenvalue weighted by Crippen LogP contribution is 2.18. The van der Waals surface area contributed by atoms with E-state index in [1.165, 1.54) is 5.56 Å². The fourth-order valence-electron chi connectivity index (χ4n) is 2.43. The second-order valence-electron chi connectivity index (χ2n) is 4.88. The van der Waals surface area contributed by atoms with Gasteiger partial charge in [0.15, 0.2) is 0 Å². The molecular weight excluding hydrogens is 228 g/mol. The summed E-state index contributed by atoms with van der Waals surface area (Å²) < 4.78 is 0. The standard InChI is InChI=1S/C14H20N2O2/c1-11-4-6-12(7-5-11)9-14(17)16-8-2-3-13(16)10-18-15/h4-7,13H,2-3,8-10,15H2,1H3. The fraction of sp³-hybridized carbons (Fsp3) is 0.500. The van der Waals surface area contributed by atoms with E-state index in [9.17, 15) is 4.79 Å². The molecule has 1 saturated heterocycles. The highest BCUT2D eigenvalue weighted by Gasteiger charge is 2.28. The molecule has 1 aliphatic heterocycles. The van der Waals surface area contributed by atoms with Crippen LogP contribution in [0.25, 0.3) is 0 Å². The summed E-state index contributed by atoms with van der Waals surface area (Å²) in [4.78, 5) is 18.8. The number of amides is 1. The lowest BCUT2D eigenvalue weighted by Gasteiger charge is -2.23. The second kappa shape index (κ2) is 5.98. The number of benzene rings is 1. The molecule has 1 aromatic carbocycles. The van der Waals surface area contributed by atoms with Crippen LogP contribution in [-0.4, -0.2) is 30.0 Å². The van der Waals surface area contributed by atoms with Gasteiger partial charge in [-0.1, -0.05) is 29.8 Å². The van der Waals surface area contributed by atoms with E-state index < -0.39 is 0 Å². The minimum absolute atomic E-state index is 0.146. The molecule has 98 valence electrons. The van der Waals surface area contributed by atoms with E-state index in [0.29, 0.717) is 13.0 Å². The summed E-state index contributed by atoms with van der Waals surface area (Å²) in [6.45, 7) is 3.29. The van der Waals surface area contributed by atoms with Crippen LogP contribution in [0.15, 0.2) is 24.3 Å². The fourth-order valence-corrected chi connectivity index (χ4v) is 2.43. The van der Waals surface area contributed by atoms with Gasteiger partial charge in [0, 0.05) is 6.54 Å². The smallest absolute Gasteiger partial charge is 0.227 e. The van der Waals surface area contributed by atoms with Crippen LogP contribution >= 0.6 is 0 Å². The Morgan fingerprint density at radius 3 is 2.83 bits per heavy atom. The van der Waals surface area contributed by atoms with Crippen LogP contribution in [0, 0.1) is 6.92 Å². The van der Waals surface area contributed by atoms with Gasteiger partial charge in [-0.05, 0) is 25.3 Å². The van der Waals surface area contributed by atoms with Crippen molar-refractivity contribution in [2.24, 2.45) is 5.90 Å². The summed E-state index contributed by atoms with van der Waals surface area (Å²) in [6, 6.07) is 8.24. The third kappa shape index (κ3) is 3.09. The minimum Gasteiger partial charge on any atom is -0.337 e. The lowest BCUT2D eigenvalue weighted by atomic mass is 10.1. The Kier molecular flexibility index (Phi) is 4.33. The van der Waals surface area contributed by atoms with E-state index in [1.54, 1.807) is 0 Å². The molecule has 1 amide bonds. The Balaban J connectivity index is 1.96. The highest BCUT2D eigenvalue weighted by atomic mass is 16.6. The predicted molar refractivity (Wildman–Crippen MR) is 69.8 cm³/mol. The van der Waals surface area contributed by atoms with Crippen molar-refractivity contribution in [3.8, 4) is 0 Å². The van der Waals surface area contributed by atoms with Crippen molar-refractivity contribution >= 4 is 5.91 Å². The molecule has 1 heterocycles. The topological polar surface area (TPSA) is 55.6 Å². The van der Waals surface area contributed by atoms with Crippen molar-refractivity contribution in [1.82, 2.24) is 4.90 Å². The average molecular weight is 248 g/mol. The van der Waals surface area contributed by atoms with Crippen LogP contribution in [0.4, 0.5) is 0 Å². The zero-order valence-corrected chi connectivity index (χ0v) is 10.8. The molecule has 0 aromatic heterocycles. The molecule has 18 heavy (non-hydrogen) atoms. The third-order valence-corrected chi connectivity index (χ3v) is 3.46. The molecule has 2 N–H and O–H groups in total. The summed E-state index contributed by atoms with van der Waals surface area (Å²) in [6.07, 6.45) is 2.48. The molecule has 1 aromatic rings. The monoisotopic (exact) mass is 248 g/mol. The van der Waals surface area contributed by atoms with Crippen molar-refractivity contribution in [2.75, 3.05) is 13.2 Å². The molecule has 1 aliphatic rings. The van der Waals surface area contributed by atoms with E-state index >= 15 is 0 Å². The molecule has 1 atom stereocenters. The Labute approximate surface area is 108 Å². The maximum absolute atomic E-state index is 12.2. The van der Waals surface area contributed by atoms with Gasteiger partial charge in [-0.15, -0.1) is 0 Å². The quantitative estimate of drug-likeness (QED) is 0.820. The summed E-state index contributed by atoms with van der Waals surface area (Å²) in [7, 11) is 0. The number of hydrogen-bond acceptors (Lipinski definition) is 3. The molecule has 1 fully saturated rings. The number of aryl methyl sites for hydroxylation is 1. The van der Waals surface area contributed by atoms with Gasteiger partial charge >= 0.3 is 0 Å². The summed E-state index contributed by atoms with van der Waals surface area (Å²) in [5.74, 6) is 5.27. The molecule has 2 rings (SSSR count). The van der Waals surface area contributed by atoms with Crippen molar-refractivity contribution < 1.29 is 9.63 Å². The molecule has 0 radical (unpaired) electrons. The Morgan fingerprint density at radius 1 is 1.44 bits per heavy atom. The minimum atomic E-state index is 0.146. The van der Waals surface area contributed by atoms with Gasteiger partial charge in [0.25, 0.3) is 0 Å². The van der Waals surface area contributed by atoms with Gasteiger partial charge < -0.3 is 9.74 Å². The van der Waals surface area contributed by atoms with E-state index in [4.69, 9.17) is 5.90 Å². The predicted octanol–water partition coefficient (Wildman–Crippen LogP) is 1.42. The number of likely N-dealkylation sites (tertiary alicyclic amines) is 1. The van der Waals surface area contributed by atoms with Crippen molar-refractivity contribution in [2.45, 2.75) is 32.2 Å². The molecular formula is C14H20N2O2. The number of nitrogens with zero attached hydrogens (tertiary/aromatic N) is 1. The maximum Gasteiger partial charge on any atom is 0.227 e. The number of hydrogen-bond donors (Lipinski definition) is 1. The van der Waals surface area contributed by atoms with Crippen molar-refractivity contribution in [3.05, 3.63) is 35.4 Å². The van der Waals surface area contributed by atoms with E-state index in [0.717, 1.165) is 24.9 Å². The molecule has 1 unspecified atom stereocenters. The summed E-state index contributed by atoms with van der Waals surface area (Å²) in [5.41, 5.74) is 2.27. The van der Waals surface area contributed by atoms with Gasteiger partial charge in [-0.2, -0.15) is 0 Å². The molecule has 0 aliphatic carbocycles. The highest BCUT2D eigenvalue weighted by molar-refractivity contribution is 5.79. The second-order valence-corrected chi connectivity index (χ2v) is 4.88. The average Bonchev–Trinajstić information content (AvgIpc) is 2.81. The van der Waals surface area contributed by atoms with E-state index in [1.807, 2.05) is 36.1 Å². The first-order valence-corrected chi connectivity index (χ1v) is 6.37. The van der Waals surface area contributed by atoms with E-state index in [2.05, 4.69) is 4.84 Å². The molecule has 4 nitrogen and oxygen atoms in total. The number of carbonyl (C=O) groups is 1. The summed E-state index contributed by atoms with van der Waals surface area (Å²) in [5, 5.41) is 0. The van der Waals surface area contributed by atoms with Gasteiger partial charge in [-0.25, -0.2) is 5.90 Å². The van der Waals surface area contributed by atoms with Crippen LogP contribution in [0.3, 0.4) is 0 Å². The van der Waals surface area contributed by atoms with Crippen LogP contribution in [0.5, 0.6) is 0 Å². The Hall–Kier alpha value is -1.39. The SMILES string of the molecule is Cc1ccc(CC(=O)N2CCCC2CON)cc1. The van der Waals surface area contributed by atoms with E-state index in [-0.39, 0.29) is 11.9 Å². The van der Waals surface area contributed by atoms with Gasteiger partial charge in [0.1, 0.15) is 0 Å². The molecule has 0 bridgehead atoms. The van der Waals surface area contributed by atoms with Gasteiger partial charge in [0.2, 0.25) is 5.91 Å². The number of rotatable bonds is 4. The molecule has 0 spiro atoms.